The van der Waals surface area contributed by atoms with Crippen molar-refractivity contribution in [1.82, 2.24) is 0 Å². The highest BCUT2D eigenvalue weighted by atomic mass is 32.2. The Kier molecular flexibility index (Phi) is 3.86. The zero-order valence-electron chi connectivity index (χ0n) is 11.7. The van der Waals surface area contributed by atoms with Crippen molar-refractivity contribution in [2.75, 3.05) is 0 Å². The number of benzene rings is 2. The number of rotatable bonds is 1. The standard InChI is InChI=1S/C15H14F4OS/c1-14(2,3)10-7-9(20)6-8-4-5-11(16)13(12(8)10)21-15(17,18)19/h4-7,20H,1-3H3. The van der Waals surface area contributed by atoms with Gasteiger partial charge in [-0.25, -0.2) is 4.39 Å². The maximum atomic E-state index is 13.9. The van der Waals surface area contributed by atoms with E-state index in [1.807, 2.05) is 0 Å². The molecule has 0 saturated carbocycles. The van der Waals surface area contributed by atoms with E-state index < -0.39 is 33.4 Å². The third kappa shape index (κ3) is 3.43. The van der Waals surface area contributed by atoms with E-state index in [1.165, 1.54) is 18.2 Å². The van der Waals surface area contributed by atoms with Crippen molar-refractivity contribution in [3.8, 4) is 5.75 Å². The van der Waals surface area contributed by atoms with Gasteiger partial charge in [0.25, 0.3) is 0 Å². The Hall–Kier alpha value is -1.43. The second-order valence-electron chi connectivity index (χ2n) is 5.77. The number of phenols is 1. The van der Waals surface area contributed by atoms with E-state index >= 15 is 0 Å². The van der Waals surface area contributed by atoms with Crippen LogP contribution in [0.25, 0.3) is 10.8 Å². The summed E-state index contributed by atoms with van der Waals surface area (Å²) in [4.78, 5) is -0.454. The number of halogens is 4. The zero-order chi connectivity index (χ0) is 16.0. The second kappa shape index (κ2) is 5.09. The first kappa shape index (κ1) is 15.9. The summed E-state index contributed by atoms with van der Waals surface area (Å²) in [5.41, 5.74) is -4.64. The molecule has 0 amide bonds. The lowest BCUT2D eigenvalue weighted by atomic mass is 9.83. The predicted octanol–water partition coefficient (Wildman–Crippen LogP) is 5.59. The van der Waals surface area contributed by atoms with Gasteiger partial charge in [-0.15, -0.1) is 0 Å². The third-order valence-electron chi connectivity index (χ3n) is 3.03. The fourth-order valence-electron chi connectivity index (χ4n) is 2.20. The van der Waals surface area contributed by atoms with Gasteiger partial charge in [-0.2, -0.15) is 13.2 Å². The van der Waals surface area contributed by atoms with Crippen molar-refractivity contribution in [2.45, 2.75) is 36.6 Å². The monoisotopic (exact) mass is 318 g/mol. The lowest BCUT2D eigenvalue weighted by Crippen LogP contribution is -2.13. The number of aromatic hydroxyl groups is 1. The Balaban J connectivity index is 2.87. The van der Waals surface area contributed by atoms with Gasteiger partial charge in [-0.05, 0) is 46.3 Å². The van der Waals surface area contributed by atoms with Gasteiger partial charge in [-0.1, -0.05) is 26.8 Å². The van der Waals surface area contributed by atoms with Crippen LogP contribution < -0.4 is 0 Å². The molecule has 0 radical (unpaired) electrons. The van der Waals surface area contributed by atoms with Crippen LogP contribution in [0.3, 0.4) is 0 Å². The Morgan fingerprint density at radius 2 is 1.67 bits per heavy atom. The van der Waals surface area contributed by atoms with Crippen LogP contribution in [0.4, 0.5) is 17.6 Å². The molecule has 0 aromatic heterocycles. The highest BCUT2D eigenvalue weighted by Gasteiger charge is 2.33. The van der Waals surface area contributed by atoms with Crippen LogP contribution >= 0.6 is 11.8 Å². The van der Waals surface area contributed by atoms with Crippen molar-refractivity contribution >= 4 is 22.5 Å². The summed E-state index contributed by atoms with van der Waals surface area (Å²) in [7, 11) is 0. The molecule has 2 aromatic carbocycles. The number of alkyl halides is 3. The topological polar surface area (TPSA) is 20.2 Å². The average Bonchev–Trinajstić information content (AvgIpc) is 2.29. The molecule has 0 saturated heterocycles. The highest BCUT2D eigenvalue weighted by molar-refractivity contribution is 8.00. The van der Waals surface area contributed by atoms with Gasteiger partial charge in [0, 0.05) is 5.39 Å². The van der Waals surface area contributed by atoms with Gasteiger partial charge < -0.3 is 5.11 Å². The zero-order valence-corrected chi connectivity index (χ0v) is 12.5. The van der Waals surface area contributed by atoms with E-state index in [1.54, 1.807) is 20.8 Å². The molecule has 6 heteroatoms. The molecule has 0 spiro atoms. The number of fused-ring (bicyclic) bond motifs is 1. The van der Waals surface area contributed by atoms with Crippen LogP contribution in [0.2, 0.25) is 0 Å². The van der Waals surface area contributed by atoms with Crippen molar-refractivity contribution in [2.24, 2.45) is 0 Å². The van der Waals surface area contributed by atoms with Crippen molar-refractivity contribution < 1.29 is 22.7 Å². The highest BCUT2D eigenvalue weighted by Crippen LogP contribution is 2.45. The average molecular weight is 318 g/mol. The van der Waals surface area contributed by atoms with E-state index in [-0.39, 0.29) is 11.1 Å². The molecule has 0 aliphatic heterocycles. The Morgan fingerprint density at radius 1 is 1.05 bits per heavy atom. The summed E-state index contributed by atoms with van der Waals surface area (Å²) in [6.07, 6.45) is 0. The normalized spacial score (nSPS) is 12.9. The molecule has 21 heavy (non-hydrogen) atoms. The summed E-state index contributed by atoms with van der Waals surface area (Å²) in [5.74, 6) is -0.969. The van der Waals surface area contributed by atoms with Crippen molar-refractivity contribution in [3.63, 3.8) is 0 Å². The van der Waals surface area contributed by atoms with Crippen LogP contribution in [0, 0.1) is 5.82 Å². The fourth-order valence-corrected chi connectivity index (χ4v) is 2.93. The number of phenolic OH excluding ortho intramolecular Hbond substituents is 1. The molecule has 0 heterocycles. The molecule has 0 bridgehead atoms. The van der Waals surface area contributed by atoms with Gasteiger partial charge in [0.15, 0.2) is 0 Å². The van der Waals surface area contributed by atoms with E-state index in [0.29, 0.717) is 10.9 Å². The van der Waals surface area contributed by atoms with Crippen molar-refractivity contribution in [1.29, 1.82) is 0 Å². The Bertz CT molecular complexity index is 687. The first-order valence-corrected chi connectivity index (χ1v) is 7.02. The molecule has 2 rings (SSSR count). The molecule has 2 aromatic rings. The summed E-state index contributed by atoms with van der Waals surface area (Å²) in [6.45, 7) is 5.40. The minimum absolute atomic E-state index is 0.0537. The SMILES string of the molecule is CC(C)(C)c1cc(O)cc2ccc(F)c(SC(F)(F)F)c12. The molecule has 1 N–H and O–H groups in total. The van der Waals surface area contributed by atoms with Crippen LogP contribution in [-0.4, -0.2) is 10.6 Å². The van der Waals surface area contributed by atoms with Crippen LogP contribution in [0.5, 0.6) is 5.75 Å². The third-order valence-corrected chi connectivity index (χ3v) is 3.87. The summed E-state index contributed by atoms with van der Waals surface area (Å²) in [5, 5.41) is 10.3. The van der Waals surface area contributed by atoms with Crippen LogP contribution in [-0.2, 0) is 5.41 Å². The van der Waals surface area contributed by atoms with E-state index in [2.05, 4.69) is 0 Å². The Labute approximate surface area is 124 Å². The van der Waals surface area contributed by atoms with Crippen LogP contribution in [0.1, 0.15) is 26.3 Å². The van der Waals surface area contributed by atoms with E-state index in [4.69, 9.17) is 0 Å². The molecule has 0 aliphatic carbocycles. The fraction of sp³-hybridized carbons (Fsp3) is 0.333. The molecular formula is C15H14F4OS. The summed E-state index contributed by atoms with van der Waals surface area (Å²) >= 11 is -0.464. The van der Waals surface area contributed by atoms with E-state index in [9.17, 15) is 22.7 Å². The van der Waals surface area contributed by atoms with Crippen LogP contribution in [0.15, 0.2) is 29.2 Å². The molecule has 0 unspecified atom stereocenters. The number of hydrogen-bond donors (Lipinski definition) is 1. The molecule has 114 valence electrons. The maximum absolute atomic E-state index is 13.9. The molecule has 1 nitrogen and oxygen atoms in total. The lowest BCUT2D eigenvalue weighted by Gasteiger charge is -2.23. The van der Waals surface area contributed by atoms with Gasteiger partial charge in [0.1, 0.15) is 11.6 Å². The maximum Gasteiger partial charge on any atom is 0.446 e. The quantitative estimate of drug-likeness (QED) is 0.546. The number of hydrogen-bond acceptors (Lipinski definition) is 2. The largest absolute Gasteiger partial charge is 0.508 e. The van der Waals surface area contributed by atoms with E-state index in [0.717, 1.165) is 6.07 Å². The summed E-state index contributed by atoms with van der Waals surface area (Å²) < 4.78 is 52.0. The minimum atomic E-state index is -4.58. The molecule has 0 fully saturated rings. The van der Waals surface area contributed by atoms with Crippen molar-refractivity contribution in [3.05, 3.63) is 35.6 Å². The van der Waals surface area contributed by atoms with Gasteiger partial charge >= 0.3 is 5.51 Å². The van der Waals surface area contributed by atoms with Gasteiger partial charge in [0.05, 0.1) is 4.90 Å². The van der Waals surface area contributed by atoms with Gasteiger partial charge in [-0.3, -0.25) is 0 Å². The molecule has 0 atom stereocenters. The smallest absolute Gasteiger partial charge is 0.446 e. The van der Waals surface area contributed by atoms with Gasteiger partial charge in [0.2, 0.25) is 0 Å². The lowest BCUT2D eigenvalue weighted by molar-refractivity contribution is -0.0328. The molecule has 0 aliphatic rings. The number of thioether (sulfide) groups is 1. The Morgan fingerprint density at radius 3 is 2.19 bits per heavy atom. The predicted molar refractivity (Wildman–Crippen MR) is 76.2 cm³/mol. The summed E-state index contributed by atoms with van der Waals surface area (Å²) in [6, 6.07) is 5.09. The minimum Gasteiger partial charge on any atom is -0.508 e. The first-order chi connectivity index (χ1) is 9.49. The second-order valence-corrected chi connectivity index (χ2v) is 6.84. The first-order valence-electron chi connectivity index (χ1n) is 6.20. The molecular weight excluding hydrogens is 304 g/mol.